The summed E-state index contributed by atoms with van der Waals surface area (Å²) in [5, 5.41) is 2.06. The molecule has 1 aromatic rings. The number of thiophene rings is 1. The predicted molar refractivity (Wildman–Crippen MR) is 91.8 cm³/mol. The van der Waals surface area contributed by atoms with Crippen LogP contribution in [0.2, 0.25) is 0 Å². The summed E-state index contributed by atoms with van der Waals surface area (Å²) in [6, 6.07) is 4.37. The number of amides is 1. The summed E-state index contributed by atoms with van der Waals surface area (Å²) in [4.78, 5) is 16.2. The second-order valence-corrected chi connectivity index (χ2v) is 9.52. The molecule has 1 unspecified atom stereocenters. The molecule has 0 aliphatic carbocycles. The molecule has 2 saturated heterocycles. The van der Waals surface area contributed by atoms with Crippen molar-refractivity contribution in [3.8, 4) is 0 Å². The fraction of sp³-hybridized carbons (Fsp3) is 0.688. The number of nitrogens with zero attached hydrogens (tertiary/aromatic N) is 2. The molecule has 2 aliphatic rings. The number of piperidine rings is 1. The lowest BCUT2D eigenvalue weighted by Crippen LogP contribution is -2.44. The molecule has 23 heavy (non-hydrogen) atoms. The standard InChI is InChI=1S/C16H24N2O3S2/c1-2-23(20,21)17-10-7-13(8-11-17)16(19)18-9-3-5-14(18)15-6-4-12-22-15/h4,6,12-14H,2-3,5,7-11H2,1H3. The summed E-state index contributed by atoms with van der Waals surface area (Å²) >= 11 is 1.71. The zero-order chi connectivity index (χ0) is 16.4. The maximum Gasteiger partial charge on any atom is 0.226 e. The van der Waals surface area contributed by atoms with E-state index in [2.05, 4.69) is 11.4 Å². The third-order valence-electron chi connectivity index (χ3n) is 4.97. The first-order valence-electron chi connectivity index (χ1n) is 8.34. The van der Waals surface area contributed by atoms with Gasteiger partial charge >= 0.3 is 0 Å². The van der Waals surface area contributed by atoms with E-state index in [1.807, 2.05) is 11.0 Å². The van der Waals surface area contributed by atoms with Gasteiger partial charge in [-0.15, -0.1) is 11.3 Å². The minimum absolute atomic E-state index is 0.0288. The third-order valence-corrected chi connectivity index (χ3v) is 7.82. The Balaban J connectivity index is 1.63. The van der Waals surface area contributed by atoms with Crippen LogP contribution in [0.4, 0.5) is 0 Å². The van der Waals surface area contributed by atoms with E-state index in [-0.39, 0.29) is 23.6 Å². The van der Waals surface area contributed by atoms with Crippen molar-refractivity contribution in [2.24, 2.45) is 5.92 Å². The number of sulfonamides is 1. The van der Waals surface area contributed by atoms with E-state index in [1.54, 1.807) is 18.3 Å². The lowest BCUT2D eigenvalue weighted by atomic mass is 9.96. The van der Waals surface area contributed by atoms with Crippen molar-refractivity contribution in [3.05, 3.63) is 22.4 Å². The largest absolute Gasteiger partial charge is 0.335 e. The third kappa shape index (κ3) is 3.46. The normalized spacial score (nSPS) is 24.2. The van der Waals surface area contributed by atoms with Crippen LogP contribution < -0.4 is 0 Å². The Bertz CT molecular complexity index is 634. The van der Waals surface area contributed by atoms with E-state index >= 15 is 0 Å². The van der Waals surface area contributed by atoms with Gasteiger partial charge in [0.15, 0.2) is 0 Å². The Hall–Kier alpha value is -0.920. The molecule has 3 rings (SSSR count). The van der Waals surface area contributed by atoms with Crippen molar-refractivity contribution in [2.75, 3.05) is 25.4 Å². The second-order valence-electron chi connectivity index (χ2n) is 6.28. The average molecular weight is 357 g/mol. The van der Waals surface area contributed by atoms with E-state index in [1.165, 1.54) is 9.18 Å². The summed E-state index contributed by atoms with van der Waals surface area (Å²) in [6.07, 6.45) is 3.38. The molecule has 0 bridgehead atoms. The first-order valence-corrected chi connectivity index (χ1v) is 10.8. The monoisotopic (exact) mass is 356 g/mol. The Morgan fingerprint density at radius 3 is 2.61 bits per heavy atom. The molecule has 2 fully saturated rings. The predicted octanol–water partition coefficient (Wildman–Crippen LogP) is 2.47. The van der Waals surface area contributed by atoms with Crippen LogP contribution in [0.1, 0.15) is 43.5 Å². The highest BCUT2D eigenvalue weighted by molar-refractivity contribution is 7.89. The number of hydrogen-bond donors (Lipinski definition) is 0. The molecule has 5 nitrogen and oxygen atoms in total. The van der Waals surface area contributed by atoms with Crippen LogP contribution in [0.3, 0.4) is 0 Å². The number of carbonyl (C=O) groups is 1. The highest BCUT2D eigenvalue weighted by Crippen LogP contribution is 2.36. The van der Waals surface area contributed by atoms with Crippen molar-refractivity contribution in [2.45, 2.75) is 38.6 Å². The van der Waals surface area contributed by atoms with Crippen molar-refractivity contribution in [1.82, 2.24) is 9.21 Å². The van der Waals surface area contributed by atoms with E-state index in [9.17, 15) is 13.2 Å². The molecular formula is C16H24N2O3S2. The number of carbonyl (C=O) groups excluding carboxylic acids is 1. The van der Waals surface area contributed by atoms with Gasteiger partial charge < -0.3 is 4.90 Å². The molecule has 7 heteroatoms. The smallest absolute Gasteiger partial charge is 0.226 e. The van der Waals surface area contributed by atoms with Crippen molar-refractivity contribution >= 4 is 27.3 Å². The van der Waals surface area contributed by atoms with Crippen LogP contribution in [0, 0.1) is 5.92 Å². The van der Waals surface area contributed by atoms with Crippen molar-refractivity contribution in [1.29, 1.82) is 0 Å². The molecule has 0 radical (unpaired) electrons. The first-order chi connectivity index (χ1) is 11.0. The number of likely N-dealkylation sites (tertiary alicyclic amines) is 1. The van der Waals surface area contributed by atoms with Gasteiger partial charge in [-0.05, 0) is 44.1 Å². The van der Waals surface area contributed by atoms with Gasteiger partial charge in [-0.3, -0.25) is 4.79 Å². The summed E-state index contributed by atoms with van der Waals surface area (Å²) in [5.74, 6) is 0.325. The highest BCUT2D eigenvalue weighted by Gasteiger charge is 2.37. The van der Waals surface area contributed by atoms with Crippen LogP contribution in [0.5, 0.6) is 0 Å². The minimum Gasteiger partial charge on any atom is -0.335 e. The van der Waals surface area contributed by atoms with Crippen LogP contribution in [0.25, 0.3) is 0 Å². The Kier molecular flexibility index (Phi) is 5.08. The number of hydrogen-bond acceptors (Lipinski definition) is 4. The lowest BCUT2D eigenvalue weighted by molar-refractivity contribution is -0.137. The van der Waals surface area contributed by atoms with Gasteiger partial charge in [0.25, 0.3) is 0 Å². The summed E-state index contributed by atoms with van der Waals surface area (Å²) < 4.78 is 25.4. The van der Waals surface area contributed by atoms with Gasteiger partial charge in [0, 0.05) is 30.4 Å². The minimum atomic E-state index is -3.13. The molecule has 1 aromatic heterocycles. The van der Waals surface area contributed by atoms with Gasteiger partial charge in [0.05, 0.1) is 11.8 Å². The van der Waals surface area contributed by atoms with Crippen LogP contribution in [-0.4, -0.2) is 48.9 Å². The molecule has 128 valence electrons. The molecule has 1 amide bonds. The Morgan fingerprint density at radius 2 is 2.00 bits per heavy atom. The molecule has 0 aromatic carbocycles. The van der Waals surface area contributed by atoms with Crippen molar-refractivity contribution < 1.29 is 13.2 Å². The topological polar surface area (TPSA) is 57.7 Å². The fourth-order valence-electron chi connectivity index (χ4n) is 3.61. The molecule has 0 saturated carbocycles. The first kappa shape index (κ1) is 16.9. The molecule has 3 heterocycles. The summed E-state index contributed by atoms with van der Waals surface area (Å²) in [5.41, 5.74) is 0. The van der Waals surface area contributed by atoms with E-state index in [4.69, 9.17) is 0 Å². The van der Waals surface area contributed by atoms with E-state index in [0.29, 0.717) is 25.9 Å². The van der Waals surface area contributed by atoms with Gasteiger partial charge in [0.2, 0.25) is 15.9 Å². The van der Waals surface area contributed by atoms with Gasteiger partial charge in [-0.2, -0.15) is 0 Å². The summed E-state index contributed by atoms with van der Waals surface area (Å²) in [7, 11) is -3.13. The average Bonchev–Trinajstić information content (AvgIpc) is 3.25. The van der Waals surface area contributed by atoms with Crippen LogP contribution in [-0.2, 0) is 14.8 Å². The lowest BCUT2D eigenvalue weighted by Gasteiger charge is -2.34. The molecule has 1 atom stereocenters. The summed E-state index contributed by atoms with van der Waals surface area (Å²) in [6.45, 7) is 3.45. The van der Waals surface area contributed by atoms with Crippen LogP contribution >= 0.6 is 11.3 Å². The molecular weight excluding hydrogens is 332 g/mol. The molecule has 0 N–H and O–H groups in total. The molecule has 0 spiro atoms. The SMILES string of the molecule is CCS(=O)(=O)N1CCC(C(=O)N2CCCC2c2cccs2)CC1. The highest BCUT2D eigenvalue weighted by atomic mass is 32.2. The number of rotatable bonds is 4. The zero-order valence-corrected chi connectivity index (χ0v) is 15.1. The van der Waals surface area contributed by atoms with Crippen LogP contribution in [0.15, 0.2) is 17.5 Å². The maximum absolute atomic E-state index is 12.9. The van der Waals surface area contributed by atoms with E-state index in [0.717, 1.165) is 19.4 Å². The van der Waals surface area contributed by atoms with Gasteiger partial charge in [-0.1, -0.05) is 6.07 Å². The van der Waals surface area contributed by atoms with Gasteiger partial charge in [0.1, 0.15) is 0 Å². The Morgan fingerprint density at radius 1 is 1.26 bits per heavy atom. The van der Waals surface area contributed by atoms with Crippen molar-refractivity contribution in [3.63, 3.8) is 0 Å². The fourth-order valence-corrected chi connectivity index (χ4v) is 5.61. The Labute approximate surface area is 142 Å². The zero-order valence-electron chi connectivity index (χ0n) is 13.5. The second kappa shape index (κ2) is 6.91. The molecule has 2 aliphatic heterocycles. The maximum atomic E-state index is 12.9. The quantitative estimate of drug-likeness (QED) is 0.833. The van der Waals surface area contributed by atoms with E-state index < -0.39 is 10.0 Å². The van der Waals surface area contributed by atoms with Gasteiger partial charge in [-0.25, -0.2) is 12.7 Å².